The summed E-state index contributed by atoms with van der Waals surface area (Å²) >= 11 is -4.17. The van der Waals surface area contributed by atoms with E-state index in [1.807, 2.05) is 0 Å². The minimum atomic E-state index is -4.17. The number of carbonyl (C=O) groups excluding carboxylic acids is 3. The van der Waals surface area contributed by atoms with E-state index in [1.54, 1.807) is 0 Å². The summed E-state index contributed by atoms with van der Waals surface area (Å²) in [6, 6.07) is 0. The second-order valence-electron chi connectivity index (χ2n) is 12.5. The van der Waals surface area contributed by atoms with Gasteiger partial charge in [-0.2, -0.15) is 0 Å². The molecule has 0 atom stereocenters. The van der Waals surface area contributed by atoms with Gasteiger partial charge >= 0.3 is 257 Å². The van der Waals surface area contributed by atoms with Gasteiger partial charge in [0.15, 0.2) is 0 Å². The van der Waals surface area contributed by atoms with Gasteiger partial charge in [-0.05, 0) is 0 Å². The Labute approximate surface area is 276 Å². The SMILES string of the molecule is CCCCCCCCCCCC(=O)[O][Tl]([O]C(=O)CCCCCCCCCCC)[O]C(=O)CCCCCCCCCCC. The van der Waals surface area contributed by atoms with Crippen LogP contribution in [0, 0.1) is 0 Å². The predicted octanol–water partition coefficient (Wildman–Crippen LogP) is 11.4. The van der Waals surface area contributed by atoms with Crippen molar-refractivity contribution in [2.45, 2.75) is 213 Å². The third-order valence-electron chi connectivity index (χ3n) is 8.14. The van der Waals surface area contributed by atoms with Gasteiger partial charge in [0.25, 0.3) is 0 Å². The predicted molar refractivity (Wildman–Crippen MR) is 180 cm³/mol. The molecule has 0 unspecified atom stereocenters. The van der Waals surface area contributed by atoms with Crippen molar-refractivity contribution in [1.29, 1.82) is 0 Å². The summed E-state index contributed by atoms with van der Waals surface area (Å²) < 4.78 is 16.6. The topological polar surface area (TPSA) is 78.9 Å². The van der Waals surface area contributed by atoms with Gasteiger partial charge in [-0.3, -0.25) is 0 Å². The molecule has 0 rings (SSSR count). The van der Waals surface area contributed by atoms with Gasteiger partial charge in [0.1, 0.15) is 0 Å². The third-order valence-corrected chi connectivity index (χ3v) is 13.4. The molecular weight excluding hydrogens is 733 g/mol. The molecule has 0 aromatic rings. The van der Waals surface area contributed by atoms with E-state index in [4.69, 9.17) is 8.06 Å². The molecule has 252 valence electrons. The van der Waals surface area contributed by atoms with E-state index >= 15 is 0 Å². The summed E-state index contributed by atoms with van der Waals surface area (Å²) in [6.07, 6.45) is 32.4. The Bertz CT molecular complexity index is 556. The Morgan fingerprint density at radius 2 is 0.512 bits per heavy atom. The van der Waals surface area contributed by atoms with Crippen molar-refractivity contribution in [3.05, 3.63) is 0 Å². The van der Waals surface area contributed by atoms with Gasteiger partial charge in [0, 0.05) is 0 Å². The second kappa shape index (κ2) is 34.2. The van der Waals surface area contributed by atoms with E-state index in [0.29, 0.717) is 0 Å². The zero-order valence-electron chi connectivity index (χ0n) is 28.7. The molecule has 0 saturated carbocycles. The van der Waals surface area contributed by atoms with E-state index in [9.17, 15) is 14.4 Å². The minimum Gasteiger partial charge on any atom is -0.0654 e. The first-order valence-electron chi connectivity index (χ1n) is 18.6. The Morgan fingerprint density at radius 1 is 0.326 bits per heavy atom. The van der Waals surface area contributed by atoms with E-state index < -0.39 is 24.1 Å². The van der Waals surface area contributed by atoms with Gasteiger partial charge in [-0.25, -0.2) is 0 Å². The van der Waals surface area contributed by atoms with Crippen molar-refractivity contribution in [1.82, 2.24) is 0 Å². The fourth-order valence-electron chi connectivity index (χ4n) is 5.31. The molecule has 0 heterocycles. The van der Waals surface area contributed by atoms with Crippen molar-refractivity contribution in [2.24, 2.45) is 0 Å². The third kappa shape index (κ3) is 32.5. The van der Waals surface area contributed by atoms with Gasteiger partial charge in [-0.1, -0.05) is 20.8 Å². The van der Waals surface area contributed by atoms with Crippen LogP contribution in [0.15, 0.2) is 0 Å². The van der Waals surface area contributed by atoms with E-state index in [0.717, 1.165) is 57.8 Å². The fourth-order valence-corrected chi connectivity index (χ4v) is 9.75. The summed E-state index contributed by atoms with van der Waals surface area (Å²) in [6.45, 7) is 6.68. The fraction of sp³-hybridized carbons (Fsp3) is 0.917. The maximum absolute atomic E-state index is 12.5. The maximum atomic E-state index is 12.5. The van der Waals surface area contributed by atoms with E-state index in [-0.39, 0.29) is 37.2 Å². The molecule has 0 aliphatic heterocycles. The molecule has 7 heteroatoms. The summed E-state index contributed by atoms with van der Waals surface area (Å²) in [4.78, 5) is 37.6. The van der Waals surface area contributed by atoms with Crippen LogP contribution in [0.25, 0.3) is 0 Å². The normalized spacial score (nSPS) is 11.0. The minimum absolute atomic E-state index is 0.290. The van der Waals surface area contributed by atoms with Crippen LogP contribution in [-0.4, -0.2) is 42.0 Å². The molecule has 0 radical (unpaired) electrons. The molecule has 0 spiro atoms. The van der Waals surface area contributed by atoms with Crippen LogP contribution in [-0.2, 0) is 22.4 Å². The Hall–Kier alpha value is -0.668. The molecule has 0 N–H and O–H groups in total. The zero-order chi connectivity index (χ0) is 31.6. The van der Waals surface area contributed by atoms with Crippen LogP contribution in [0.4, 0.5) is 0 Å². The number of rotatable bonds is 33. The molecule has 0 aromatic carbocycles. The summed E-state index contributed by atoms with van der Waals surface area (Å²) in [5, 5.41) is 0. The van der Waals surface area contributed by atoms with Gasteiger partial charge in [0.05, 0.1) is 0 Å². The first-order valence-corrected chi connectivity index (χ1v) is 24.1. The molecule has 0 amide bonds. The first kappa shape index (κ1) is 42.3. The van der Waals surface area contributed by atoms with Crippen LogP contribution in [0.3, 0.4) is 0 Å². The van der Waals surface area contributed by atoms with Crippen molar-refractivity contribution >= 4 is 42.0 Å². The standard InChI is InChI=1S/3C12H24O2.Tl/c3*1-2-3-4-5-6-7-8-9-10-11-12(13)14;/h3*2-11H2,1H3,(H,13,14);/q;;;+3/p-3. The molecule has 0 fully saturated rings. The van der Waals surface area contributed by atoms with Crippen molar-refractivity contribution in [2.75, 3.05) is 0 Å². The van der Waals surface area contributed by atoms with Gasteiger partial charge in [0.2, 0.25) is 0 Å². The van der Waals surface area contributed by atoms with Crippen molar-refractivity contribution < 1.29 is 22.4 Å². The second-order valence-corrected chi connectivity index (χ2v) is 17.5. The smallest absolute Gasteiger partial charge is 0.0654 e. The average molecular weight is 802 g/mol. The quantitative estimate of drug-likeness (QED) is 0.0486. The average Bonchev–Trinajstić information content (AvgIpc) is 2.98. The zero-order valence-corrected chi connectivity index (χ0v) is 33.2. The molecule has 6 nitrogen and oxygen atoms in total. The molecule has 0 bridgehead atoms. The number of hydrogen-bond donors (Lipinski definition) is 0. The summed E-state index contributed by atoms with van der Waals surface area (Å²) in [7, 11) is 0. The van der Waals surface area contributed by atoms with Crippen LogP contribution in [0.1, 0.15) is 213 Å². The van der Waals surface area contributed by atoms with E-state index in [1.165, 1.54) is 116 Å². The first-order chi connectivity index (χ1) is 21.0. The van der Waals surface area contributed by atoms with E-state index in [2.05, 4.69) is 20.8 Å². The molecule has 0 aromatic heterocycles. The van der Waals surface area contributed by atoms with Gasteiger partial charge < -0.3 is 0 Å². The molecule has 0 aliphatic rings. The molecule has 0 saturated heterocycles. The number of carbonyl (C=O) groups is 3. The Morgan fingerprint density at radius 3 is 0.721 bits per heavy atom. The Kier molecular flexibility index (Phi) is 33.7. The molecule has 0 aliphatic carbocycles. The van der Waals surface area contributed by atoms with Crippen molar-refractivity contribution in [3.63, 3.8) is 0 Å². The van der Waals surface area contributed by atoms with Crippen LogP contribution >= 0.6 is 0 Å². The summed E-state index contributed by atoms with van der Waals surface area (Å²) in [5.74, 6) is -1.16. The Balaban J connectivity index is 4.38. The number of unbranched alkanes of at least 4 members (excludes halogenated alkanes) is 24. The summed E-state index contributed by atoms with van der Waals surface area (Å²) in [5.41, 5.74) is 0. The van der Waals surface area contributed by atoms with Gasteiger partial charge in [-0.15, -0.1) is 0 Å². The van der Waals surface area contributed by atoms with Crippen LogP contribution in [0.5, 0.6) is 0 Å². The molecule has 43 heavy (non-hydrogen) atoms. The van der Waals surface area contributed by atoms with Crippen LogP contribution < -0.4 is 0 Å². The number of hydrogen-bond acceptors (Lipinski definition) is 6. The monoisotopic (exact) mass is 802 g/mol. The van der Waals surface area contributed by atoms with Crippen molar-refractivity contribution in [3.8, 4) is 0 Å². The molecular formula is C36H69O6Tl. The van der Waals surface area contributed by atoms with Crippen LogP contribution in [0.2, 0.25) is 0 Å².